The standard InChI is InChI=1S/C18H15ClN6OS2/c1-8(20)9-6-10(19)15-14(7-9)28-18(24-15)25-16(26)13-3-2-12(27-13)11-4-5-22-17(21)23-11/h2-8H,20H2,1H3,(H2,21,22,23)(H,24,25,26). The molecule has 1 aromatic carbocycles. The molecule has 1 unspecified atom stereocenters. The summed E-state index contributed by atoms with van der Waals surface area (Å²) in [4.78, 5) is 26.5. The number of nitrogen functional groups attached to an aromatic ring is 1. The number of halogens is 1. The molecule has 0 saturated carbocycles. The zero-order valence-electron chi connectivity index (χ0n) is 14.6. The average molecular weight is 431 g/mol. The van der Waals surface area contributed by atoms with Crippen LogP contribution in [-0.2, 0) is 0 Å². The van der Waals surface area contributed by atoms with Gasteiger partial charge in [0.1, 0.15) is 5.52 Å². The van der Waals surface area contributed by atoms with Crippen LogP contribution < -0.4 is 16.8 Å². The number of nitrogens with zero attached hydrogens (tertiary/aromatic N) is 3. The van der Waals surface area contributed by atoms with E-state index >= 15 is 0 Å². The highest BCUT2D eigenvalue weighted by molar-refractivity contribution is 7.22. The van der Waals surface area contributed by atoms with Gasteiger partial charge in [0.25, 0.3) is 5.91 Å². The zero-order valence-corrected chi connectivity index (χ0v) is 17.0. The first kappa shape index (κ1) is 18.8. The summed E-state index contributed by atoms with van der Waals surface area (Å²) >= 11 is 8.98. The molecule has 7 nitrogen and oxygen atoms in total. The largest absolute Gasteiger partial charge is 0.368 e. The SMILES string of the molecule is CC(N)c1cc(Cl)c2nc(NC(=O)c3ccc(-c4ccnc(N)n4)s3)sc2c1. The summed E-state index contributed by atoms with van der Waals surface area (Å²) in [6.07, 6.45) is 1.58. The molecular weight excluding hydrogens is 416 g/mol. The van der Waals surface area contributed by atoms with Crippen LogP contribution in [0.5, 0.6) is 0 Å². The van der Waals surface area contributed by atoms with Gasteiger partial charge in [-0.3, -0.25) is 10.1 Å². The average Bonchev–Trinajstić information content (AvgIpc) is 3.28. The third-order valence-electron chi connectivity index (χ3n) is 3.97. The van der Waals surface area contributed by atoms with Crippen LogP contribution in [0.4, 0.5) is 11.1 Å². The highest BCUT2D eigenvalue weighted by atomic mass is 35.5. The Bertz CT molecular complexity index is 1190. The molecule has 0 saturated heterocycles. The van der Waals surface area contributed by atoms with Crippen LogP contribution in [0.1, 0.15) is 28.2 Å². The van der Waals surface area contributed by atoms with Crippen molar-refractivity contribution in [3.05, 3.63) is 52.0 Å². The first-order valence-corrected chi connectivity index (χ1v) is 10.3. The zero-order chi connectivity index (χ0) is 19.8. The summed E-state index contributed by atoms with van der Waals surface area (Å²) in [6.45, 7) is 1.89. The molecule has 0 spiro atoms. The second kappa shape index (κ2) is 7.44. The Balaban J connectivity index is 1.58. The fourth-order valence-electron chi connectivity index (χ4n) is 2.59. The number of rotatable bonds is 4. The quantitative estimate of drug-likeness (QED) is 0.443. The van der Waals surface area contributed by atoms with Gasteiger partial charge in [-0.05, 0) is 42.8 Å². The first-order chi connectivity index (χ1) is 13.4. The van der Waals surface area contributed by atoms with Crippen LogP contribution in [-0.4, -0.2) is 20.9 Å². The van der Waals surface area contributed by atoms with Crippen LogP contribution in [0.2, 0.25) is 5.02 Å². The molecule has 5 N–H and O–H groups in total. The minimum absolute atomic E-state index is 0.137. The molecule has 142 valence electrons. The number of amides is 1. The number of carbonyl (C=O) groups is 1. The number of nitrogens with two attached hydrogens (primary N) is 2. The Morgan fingerprint density at radius 1 is 1.21 bits per heavy atom. The summed E-state index contributed by atoms with van der Waals surface area (Å²) in [6, 6.07) is 8.92. The summed E-state index contributed by atoms with van der Waals surface area (Å²) < 4.78 is 0.874. The number of thiophene rings is 1. The van der Waals surface area contributed by atoms with E-state index in [9.17, 15) is 4.79 Å². The van der Waals surface area contributed by atoms with E-state index in [2.05, 4.69) is 20.3 Å². The van der Waals surface area contributed by atoms with E-state index in [1.165, 1.54) is 22.7 Å². The number of thiazole rings is 1. The molecule has 0 aliphatic rings. The maximum absolute atomic E-state index is 12.6. The predicted molar refractivity (Wildman–Crippen MR) is 115 cm³/mol. The fourth-order valence-corrected chi connectivity index (χ4v) is 4.73. The number of anilines is 2. The van der Waals surface area contributed by atoms with Crippen LogP contribution in [0, 0.1) is 0 Å². The maximum Gasteiger partial charge on any atom is 0.267 e. The molecule has 1 atom stereocenters. The highest BCUT2D eigenvalue weighted by Crippen LogP contribution is 2.34. The van der Waals surface area contributed by atoms with Gasteiger partial charge in [0.05, 0.1) is 25.2 Å². The van der Waals surface area contributed by atoms with Gasteiger partial charge < -0.3 is 11.5 Å². The summed E-state index contributed by atoms with van der Waals surface area (Å²) in [7, 11) is 0. The Morgan fingerprint density at radius 2 is 2.04 bits per heavy atom. The predicted octanol–water partition coefficient (Wildman–Crippen LogP) is 4.32. The van der Waals surface area contributed by atoms with Gasteiger partial charge in [-0.25, -0.2) is 15.0 Å². The lowest BCUT2D eigenvalue weighted by Gasteiger charge is -2.05. The van der Waals surface area contributed by atoms with Crippen molar-refractivity contribution in [3.63, 3.8) is 0 Å². The van der Waals surface area contributed by atoms with Crippen molar-refractivity contribution in [2.24, 2.45) is 5.73 Å². The molecule has 1 amide bonds. The molecule has 0 fully saturated rings. The minimum atomic E-state index is -0.249. The number of hydrogen-bond acceptors (Lipinski definition) is 8. The van der Waals surface area contributed by atoms with Crippen LogP contribution in [0.3, 0.4) is 0 Å². The lowest BCUT2D eigenvalue weighted by molar-refractivity contribution is 0.103. The monoisotopic (exact) mass is 430 g/mol. The van der Waals surface area contributed by atoms with Gasteiger partial charge in [-0.1, -0.05) is 22.9 Å². The molecule has 4 rings (SSSR count). The second-order valence-electron chi connectivity index (χ2n) is 6.08. The number of fused-ring (bicyclic) bond motifs is 1. The van der Waals surface area contributed by atoms with E-state index < -0.39 is 0 Å². The summed E-state index contributed by atoms with van der Waals surface area (Å²) in [5.74, 6) is -0.0599. The van der Waals surface area contributed by atoms with Crippen LogP contribution in [0.15, 0.2) is 36.5 Å². The maximum atomic E-state index is 12.6. The minimum Gasteiger partial charge on any atom is -0.368 e. The summed E-state index contributed by atoms with van der Waals surface area (Å²) in [5.41, 5.74) is 13.8. The van der Waals surface area contributed by atoms with E-state index in [0.29, 0.717) is 26.2 Å². The van der Waals surface area contributed by atoms with Crippen molar-refractivity contribution in [1.29, 1.82) is 0 Å². The lowest BCUT2D eigenvalue weighted by atomic mass is 10.1. The Hall–Kier alpha value is -2.59. The topological polar surface area (TPSA) is 120 Å². The van der Waals surface area contributed by atoms with E-state index in [-0.39, 0.29) is 17.9 Å². The van der Waals surface area contributed by atoms with Crippen molar-refractivity contribution in [2.75, 3.05) is 11.1 Å². The van der Waals surface area contributed by atoms with Gasteiger partial charge >= 0.3 is 0 Å². The van der Waals surface area contributed by atoms with Crippen molar-refractivity contribution < 1.29 is 4.79 Å². The number of nitrogens with one attached hydrogen (secondary N) is 1. The fraction of sp³-hybridized carbons (Fsp3) is 0.111. The number of hydrogen-bond donors (Lipinski definition) is 3. The third kappa shape index (κ3) is 3.69. The molecule has 0 aliphatic heterocycles. The van der Waals surface area contributed by atoms with E-state index in [4.69, 9.17) is 23.1 Å². The Morgan fingerprint density at radius 3 is 2.79 bits per heavy atom. The van der Waals surface area contributed by atoms with Gasteiger partial charge in [0.2, 0.25) is 5.95 Å². The van der Waals surface area contributed by atoms with Gasteiger partial charge in [-0.15, -0.1) is 11.3 Å². The highest BCUT2D eigenvalue weighted by Gasteiger charge is 2.16. The van der Waals surface area contributed by atoms with Gasteiger partial charge in [0, 0.05) is 12.2 Å². The van der Waals surface area contributed by atoms with E-state index in [1.807, 2.05) is 19.1 Å². The molecule has 4 aromatic rings. The molecule has 0 bridgehead atoms. The Labute approximate surface area is 173 Å². The van der Waals surface area contributed by atoms with Crippen molar-refractivity contribution >= 4 is 61.5 Å². The third-order valence-corrected chi connectivity index (χ3v) is 6.29. The smallest absolute Gasteiger partial charge is 0.267 e. The molecular formula is C18H15ClN6OS2. The molecule has 0 aliphatic carbocycles. The molecule has 10 heteroatoms. The van der Waals surface area contributed by atoms with Crippen molar-refractivity contribution in [2.45, 2.75) is 13.0 Å². The number of carbonyl (C=O) groups excluding carboxylic acids is 1. The molecule has 28 heavy (non-hydrogen) atoms. The van der Waals surface area contributed by atoms with Crippen LogP contribution >= 0.6 is 34.3 Å². The number of aromatic nitrogens is 3. The van der Waals surface area contributed by atoms with Gasteiger partial charge in [-0.2, -0.15) is 0 Å². The number of benzene rings is 1. The Kier molecular flexibility index (Phi) is 4.98. The van der Waals surface area contributed by atoms with Crippen molar-refractivity contribution in [3.8, 4) is 10.6 Å². The van der Waals surface area contributed by atoms with Crippen LogP contribution in [0.25, 0.3) is 20.8 Å². The molecule has 3 aromatic heterocycles. The first-order valence-electron chi connectivity index (χ1n) is 8.26. The normalized spacial score (nSPS) is 12.2. The van der Waals surface area contributed by atoms with Crippen molar-refractivity contribution in [1.82, 2.24) is 15.0 Å². The van der Waals surface area contributed by atoms with Gasteiger partial charge in [0.15, 0.2) is 5.13 Å². The summed E-state index contributed by atoms with van der Waals surface area (Å²) in [5, 5.41) is 3.82. The molecule has 0 radical (unpaired) electrons. The van der Waals surface area contributed by atoms with E-state index in [0.717, 1.165) is 15.1 Å². The van der Waals surface area contributed by atoms with E-state index in [1.54, 1.807) is 24.4 Å². The lowest BCUT2D eigenvalue weighted by Crippen LogP contribution is -2.09. The second-order valence-corrected chi connectivity index (χ2v) is 8.60. The molecule has 3 heterocycles.